The van der Waals surface area contributed by atoms with E-state index in [9.17, 15) is 4.79 Å². The molecule has 5 heteroatoms. The Kier molecular flexibility index (Phi) is 4.59. The molecular weight excluding hydrogens is 336 g/mol. The Bertz CT molecular complexity index is 1040. The van der Waals surface area contributed by atoms with Crippen LogP contribution in [0.25, 0.3) is 22.1 Å². The fourth-order valence-corrected chi connectivity index (χ4v) is 3.22. The number of para-hydroxylation sites is 4. The van der Waals surface area contributed by atoms with Gasteiger partial charge in [-0.05, 0) is 30.2 Å². The highest BCUT2D eigenvalue weighted by molar-refractivity contribution is 5.89. The third-order valence-corrected chi connectivity index (χ3v) is 4.46. The number of hydrogen-bond donors (Lipinski definition) is 0. The van der Waals surface area contributed by atoms with Crippen LogP contribution in [0.2, 0.25) is 0 Å². The lowest BCUT2D eigenvalue weighted by atomic mass is 9.91. The highest BCUT2D eigenvalue weighted by atomic mass is 16.1. The van der Waals surface area contributed by atoms with Gasteiger partial charge in [-0.3, -0.25) is 14.8 Å². The van der Waals surface area contributed by atoms with Crippen molar-refractivity contribution in [3.05, 3.63) is 72.3 Å². The van der Waals surface area contributed by atoms with E-state index < -0.39 is 5.92 Å². The van der Waals surface area contributed by atoms with E-state index in [4.69, 9.17) is 9.97 Å². The van der Waals surface area contributed by atoms with Gasteiger partial charge in [0.2, 0.25) is 0 Å². The van der Waals surface area contributed by atoms with Gasteiger partial charge in [-0.1, -0.05) is 38.1 Å². The topological polar surface area (TPSA) is 68.6 Å². The van der Waals surface area contributed by atoms with E-state index in [0.29, 0.717) is 17.8 Å². The van der Waals surface area contributed by atoms with Gasteiger partial charge in [-0.25, -0.2) is 9.97 Å². The lowest BCUT2D eigenvalue weighted by Crippen LogP contribution is -2.19. The average Bonchev–Trinajstić information content (AvgIpc) is 2.67. The second kappa shape index (κ2) is 7.19. The van der Waals surface area contributed by atoms with Crippen molar-refractivity contribution >= 4 is 27.9 Å². The zero-order chi connectivity index (χ0) is 18.8. The number of hydrogen-bond acceptors (Lipinski definition) is 5. The van der Waals surface area contributed by atoms with E-state index >= 15 is 0 Å². The number of carbonyl (C=O) groups is 1. The number of fused-ring (bicyclic) bond motifs is 2. The second-order valence-electron chi connectivity index (χ2n) is 7.06. The van der Waals surface area contributed by atoms with Crippen molar-refractivity contribution in [3.8, 4) is 0 Å². The number of rotatable bonds is 5. The summed E-state index contributed by atoms with van der Waals surface area (Å²) >= 11 is 0. The summed E-state index contributed by atoms with van der Waals surface area (Å²) in [6.45, 7) is 4.07. The first kappa shape index (κ1) is 17.2. The van der Waals surface area contributed by atoms with E-state index in [1.807, 2.05) is 62.4 Å². The quantitative estimate of drug-likeness (QED) is 0.533. The SMILES string of the molecule is CC(C)CC(=O)C(c1cnc2ccccc2n1)c1cnc2ccccc2n1. The third-order valence-electron chi connectivity index (χ3n) is 4.46. The van der Waals surface area contributed by atoms with Crippen LogP contribution < -0.4 is 0 Å². The smallest absolute Gasteiger partial charge is 0.148 e. The van der Waals surface area contributed by atoms with E-state index in [1.165, 1.54) is 0 Å². The van der Waals surface area contributed by atoms with Crippen LogP contribution >= 0.6 is 0 Å². The van der Waals surface area contributed by atoms with E-state index in [-0.39, 0.29) is 11.7 Å². The highest BCUT2D eigenvalue weighted by Gasteiger charge is 2.27. The fourth-order valence-electron chi connectivity index (χ4n) is 3.22. The molecule has 2 aromatic carbocycles. The number of Topliss-reactive ketones (excluding diaryl/α,β-unsaturated/α-hetero) is 1. The van der Waals surface area contributed by atoms with Crippen molar-refractivity contribution in [1.29, 1.82) is 0 Å². The van der Waals surface area contributed by atoms with E-state index in [0.717, 1.165) is 22.1 Å². The molecule has 0 spiro atoms. The van der Waals surface area contributed by atoms with Crippen LogP contribution in [0.5, 0.6) is 0 Å². The maximum Gasteiger partial charge on any atom is 0.148 e. The van der Waals surface area contributed by atoms with Crippen LogP contribution in [-0.4, -0.2) is 25.7 Å². The molecule has 0 aliphatic rings. The van der Waals surface area contributed by atoms with Gasteiger partial charge in [0.25, 0.3) is 0 Å². The lowest BCUT2D eigenvalue weighted by molar-refractivity contribution is -0.120. The van der Waals surface area contributed by atoms with Crippen molar-refractivity contribution in [2.75, 3.05) is 0 Å². The van der Waals surface area contributed by atoms with Crippen LogP contribution in [0, 0.1) is 5.92 Å². The minimum Gasteiger partial charge on any atom is -0.299 e. The lowest BCUT2D eigenvalue weighted by Gasteiger charge is -2.16. The summed E-state index contributed by atoms with van der Waals surface area (Å²) in [6, 6.07) is 15.3. The Morgan fingerprint density at radius 3 is 1.67 bits per heavy atom. The van der Waals surface area contributed by atoms with Gasteiger partial charge < -0.3 is 0 Å². The average molecular weight is 356 g/mol. The molecule has 4 rings (SSSR count). The number of aromatic nitrogens is 4. The summed E-state index contributed by atoms with van der Waals surface area (Å²) in [5, 5.41) is 0. The van der Waals surface area contributed by atoms with Crippen molar-refractivity contribution in [1.82, 2.24) is 19.9 Å². The molecule has 0 atom stereocenters. The number of nitrogens with zero attached hydrogens (tertiary/aromatic N) is 4. The predicted octanol–water partition coefficient (Wildman–Crippen LogP) is 4.32. The molecule has 0 amide bonds. The Labute approximate surface area is 157 Å². The van der Waals surface area contributed by atoms with Gasteiger partial charge in [0.05, 0.1) is 45.8 Å². The largest absolute Gasteiger partial charge is 0.299 e. The minimum absolute atomic E-state index is 0.0826. The van der Waals surface area contributed by atoms with Gasteiger partial charge in [-0.2, -0.15) is 0 Å². The van der Waals surface area contributed by atoms with Crippen LogP contribution in [0.1, 0.15) is 37.6 Å². The third kappa shape index (κ3) is 3.53. The van der Waals surface area contributed by atoms with Gasteiger partial charge in [0, 0.05) is 6.42 Å². The monoisotopic (exact) mass is 356 g/mol. The first-order chi connectivity index (χ1) is 13.1. The van der Waals surface area contributed by atoms with Gasteiger partial charge >= 0.3 is 0 Å². The van der Waals surface area contributed by atoms with Gasteiger partial charge in [-0.15, -0.1) is 0 Å². The molecule has 2 heterocycles. The molecule has 2 aromatic heterocycles. The number of carbonyl (C=O) groups excluding carboxylic acids is 1. The summed E-state index contributed by atoms with van der Waals surface area (Å²) in [4.78, 5) is 31.5. The first-order valence-electron chi connectivity index (χ1n) is 9.08. The van der Waals surface area contributed by atoms with E-state index in [2.05, 4.69) is 9.97 Å². The molecule has 0 aliphatic carbocycles. The van der Waals surface area contributed by atoms with Crippen molar-refractivity contribution in [2.45, 2.75) is 26.2 Å². The fraction of sp³-hybridized carbons (Fsp3) is 0.227. The molecule has 27 heavy (non-hydrogen) atoms. The Hall–Kier alpha value is -3.21. The summed E-state index contributed by atoms with van der Waals surface area (Å²) in [5.41, 5.74) is 4.38. The van der Waals surface area contributed by atoms with Crippen LogP contribution in [0.4, 0.5) is 0 Å². The molecule has 0 N–H and O–H groups in total. The van der Waals surface area contributed by atoms with Crippen LogP contribution in [-0.2, 0) is 4.79 Å². The molecule has 4 aromatic rings. The second-order valence-corrected chi connectivity index (χ2v) is 7.06. The number of benzene rings is 2. The Morgan fingerprint density at radius 2 is 1.22 bits per heavy atom. The Balaban J connectivity index is 1.85. The van der Waals surface area contributed by atoms with E-state index in [1.54, 1.807) is 12.4 Å². The van der Waals surface area contributed by atoms with Gasteiger partial charge in [0.1, 0.15) is 11.7 Å². The molecule has 0 saturated carbocycles. The molecule has 0 saturated heterocycles. The van der Waals surface area contributed by atoms with Crippen LogP contribution in [0.15, 0.2) is 60.9 Å². The molecular formula is C22H20N4O. The zero-order valence-corrected chi connectivity index (χ0v) is 15.3. The maximum atomic E-state index is 13.1. The van der Waals surface area contributed by atoms with Gasteiger partial charge in [0.15, 0.2) is 0 Å². The summed E-state index contributed by atoms with van der Waals surface area (Å²) < 4.78 is 0. The maximum absolute atomic E-state index is 13.1. The molecule has 5 nitrogen and oxygen atoms in total. The minimum atomic E-state index is -0.568. The molecule has 0 fully saturated rings. The highest BCUT2D eigenvalue weighted by Crippen LogP contribution is 2.27. The summed E-state index contributed by atoms with van der Waals surface area (Å²) in [7, 11) is 0. The molecule has 0 radical (unpaired) electrons. The predicted molar refractivity (Wildman–Crippen MR) is 105 cm³/mol. The molecule has 0 aliphatic heterocycles. The van der Waals surface area contributed by atoms with Crippen molar-refractivity contribution < 1.29 is 4.79 Å². The zero-order valence-electron chi connectivity index (χ0n) is 15.3. The summed E-state index contributed by atoms with van der Waals surface area (Å²) in [5.74, 6) is -0.234. The first-order valence-corrected chi connectivity index (χ1v) is 9.08. The normalized spacial score (nSPS) is 11.6. The summed E-state index contributed by atoms with van der Waals surface area (Å²) in [6.07, 6.45) is 3.82. The number of ketones is 1. The molecule has 0 unspecified atom stereocenters. The molecule has 134 valence electrons. The van der Waals surface area contributed by atoms with Crippen molar-refractivity contribution in [2.24, 2.45) is 5.92 Å². The standard InChI is InChI=1S/C22H20N4O/c1-14(2)11-21(27)22(19-12-23-15-7-3-5-9-17(15)25-19)20-13-24-16-8-4-6-10-18(16)26-20/h3-10,12-14,22H,11H2,1-2H3. The van der Waals surface area contributed by atoms with Crippen LogP contribution in [0.3, 0.4) is 0 Å². The van der Waals surface area contributed by atoms with Crippen molar-refractivity contribution in [3.63, 3.8) is 0 Å². The Morgan fingerprint density at radius 1 is 0.778 bits per heavy atom. The molecule has 0 bridgehead atoms.